The number of hydrogen-bond donors (Lipinski definition) is 2. The predicted molar refractivity (Wildman–Crippen MR) is 93.9 cm³/mol. The number of halogens is 1. The van der Waals surface area contributed by atoms with Crippen molar-refractivity contribution in [1.29, 1.82) is 0 Å². The summed E-state index contributed by atoms with van der Waals surface area (Å²) in [7, 11) is 0. The average molecular weight is 330 g/mol. The standard InChI is InChI=1S/C18H20ClN3O/c1-2-9-23-17-8-7-13(10-14(17)19)11-20-12-18-21-15-5-3-4-6-16(15)22-18/h3-8,10,20H,2,9,11-12H2,1H3,(H,21,22). The number of hydrogen-bond acceptors (Lipinski definition) is 3. The Morgan fingerprint density at radius 2 is 2.04 bits per heavy atom. The van der Waals surface area contributed by atoms with Gasteiger partial charge in [0.25, 0.3) is 0 Å². The molecule has 0 bridgehead atoms. The Kier molecular flexibility index (Phi) is 5.16. The Labute approximate surface area is 140 Å². The lowest BCUT2D eigenvalue weighted by Crippen LogP contribution is -2.13. The van der Waals surface area contributed by atoms with Crippen molar-refractivity contribution in [1.82, 2.24) is 15.3 Å². The van der Waals surface area contributed by atoms with Crippen molar-refractivity contribution in [3.05, 3.63) is 58.9 Å². The van der Waals surface area contributed by atoms with Gasteiger partial charge in [-0.1, -0.05) is 36.7 Å². The topological polar surface area (TPSA) is 49.9 Å². The number of aromatic amines is 1. The van der Waals surface area contributed by atoms with Crippen molar-refractivity contribution in [2.24, 2.45) is 0 Å². The first-order chi connectivity index (χ1) is 11.3. The first-order valence-corrected chi connectivity index (χ1v) is 8.19. The zero-order chi connectivity index (χ0) is 16.1. The molecule has 0 atom stereocenters. The smallest absolute Gasteiger partial charge is 0.137 e. The van der Waals surface area contributed by atoms with Gasteiger partial charge in [-0.3, -0.25) is 0 Å². The lowest BCUT2D eigenvalue weighted by Gasteiger charge is -2.09. The summed E-state index contributed by atoms with van der Waals surface area (Å²) in [4.78, 5) is 7.85. The van der Waals surface area contributed by atoms with Gasteiger partial charge in [0, 0.05) is 6.54 Å². The van der Waals surface area contributed by atoms with Gasteiger partial charge in [0.1, 0.15) is 11.6 Å². The van der Waals surface area contributed by atoms with E-state index in [0.717, 1.165) is 41.1 Å². The maximum Gasteiger partial charge on any atom is 0.137 e. The van der Waals surface area contributed by atoms with Crippen LogP contribution in [-0.4, -0.2) is 16.6 Å². The molecule has 0 aliphatic rings. The quantitative estimate of drug-likeness (QED) is 0.679. The zero-order valence-corrected chi connectivity index (χ0v) is 13.9. The molecule has 0 saturated heterocycles. The average Bonchev–Trinajstić information content (AvgIpc) is 2.97. The first-order valence-electron chi connectivity index (χ1n) is 7.82. The summed E-state index contributed by atoms with van der Waals surface area (Å²) in [5.41, 5.74) is 3.17. The van der Waals surface area contributed by atoms with E-state index in [4.69, 9.17) is 16.3 Å². The maximum atomic E-state index is 6.24. The summed E-state index contributed by atoms with van der Waals surface area (Å²) >= 11 is 6.24. The number of benzene rings is 2. The number of nitrogens with one attached hydrogen (secondary N) is 2. The lowest BCUT2D eigenvalue weighted by molar-refractivity contribution is 0.317. The summed E-state index contributed by atoms with van der Waals surface area (Å²) < 4.78 is 5.58. The largest absolute Gasteiger partial charge is 0.492 e. The summed E-state index contributed by atoms with van der Waals surface area (Å²) in [5, 5.41) is 4.03. The maximum absolute atomic E-state index is 6.24. The van der Waals surface area contributed by atoms with E-state index in [-0.39, 0.29) is 0 Å². The Balaban J connectivity index is 1.56. The van der Waals surface area contributed by atoms with Gasteiger partial charge in [0.15, 0.2) is 0 Å². The fourth-order valence-corrected chi connectivity index (χ4v) is 2.66. The molecule has 3 aromatic rings. The Morgan fingerprint density at radius 1 is 1.17 bits per heavy atom. The van der Waals surface area contributed by atoms with E-state index in [0.29, 0.717) is 18.2 Å². The SMILES string of the molecule is CCCOc1ccc(CNCc2nc3ccccc3[nH]2)cc1Cl. The molecular weight excluding hydrogens is 310 g/mol. The van der Waals surface area contributed by atoms with Crippen molar-refractivity contribution < 1.29 is 4.74 Å². The third-order valence-corrected chi connectivity index (χ3v) is 3.81. The number of nitrogens with zero attached hydrogens (tertiary/aromatic N) is 1. The van der Waals surface area contributed by atoms with Crippen LogP contribution in [0.4, 0.5) is 0 Å². The second kappa shape index (κ2) is 7.49. The molecule has 0 radical (unpaired) electrons. The molecule has 0 aliphatic heterocycles. The number of imidazole rings is 1. The summed E-state index contributed by atoms with van der Waals surface area (Å²) in [6.07, 6.45) is 0.969. The first kappa shape index (κ1) is 15.8. The molecule has 3 rings (SSSR count). The molecular formula is C18H20ClN3O. The summed E-state index contributed by atoms with van der Waals surface area (Å²) in [6.45, 7) is 4.17. The monoisotopic (exact) mass is 329 g/mol. The van der Waals surface area contributed by atoms with Crippen LogP contribution in [-0.2, 0) is 13.1 Å². The minimum Gasteiger partial charge on any atom is -0.492 e. The fourth-order valence-electron chi connectivity index (χ4n) is 2.40. The van der Waals surface area contributed by atoms with Crippen LogP contribution >= 0.6 is 11.6 Å². The number of fused-ring (bicyclic) bond motifs is 1. The highest BCUT2D eigenvalue weighted by molar-refractivity contribution is 6.32. The van der Waals surface area contributed by atoms with E-state index in [1.807, 2.05) is 42.5 Å². The Bertz CT molecular complexity index is 752. The van der Waals surface area contributed by atoms with E-state index < -0.39 is 0 Å². The van der Waals surface area contributed by atoms with Crippen molar-refractivity contribution in [3.8, 4) is 5.75 Å². The second-order valence-corrected chi connectivity index (χ2v) is 5.82. The molecule has 23 heavy (non-hydrogen) atoms. The van der Waals surface area contributed by atoms with Crippen molar-refractivity contribution >= 4 is 22.6 Å². The molecule has 5 heteroatoms. The van der Waals surface area contributed by atoms with Gasteiger partial charge in [0.2, 0.25) is 0 Å². The predicted octanol–water partition coefficient (Wildman–Crippen LogP) is 4.29. The molecule has 1 heterocycles. The van der Waals surface area contributed by atoms with Crippen LogP contribution in [0.15, 0.2) is 42.5 Å². The lowest BCUT2D eigenvalue weighted by atomic mass is 10.2. The van der Waals surface area contributed by atoms with Gasteiger partial charge >= 0.3 is 0 Å². The molecule has 0 aliphatic carbocycles. The van der Waals surface area contributed by atoms with Gasteiger partial charge in [-0.25, -0.2) is 4.98 Å². The Hall–Kier alpha value is -2.04. The van der Waals surface area contributed by atoms with E-state index >= 15 is 0 Å². The highest BCUT2D eigenvalue weighted by atomic mass is 35.5. The minimum absolute atomic E-state index is 0.654. The van der Waals surface area contributed by atoms with E-state index in [2.05, 4.69) is 22.2 Å². The van der Waals surface area contributed by atoms with Crippen LogP contribution in [0.5, 0.6) is 5.75 Å². The van der Waals surface area contributed by atoms with Crippen LogP contribution in [0.25, 0.3) is 11.0 Å². The normalized spacial score (nSPS) is 11.0. The fraction of sp³-hybridized carbons (Fsp3) is 0.278. The van der Waals surface area contributed by atoms with Crippen LogP contribution in [0.3, 0.4) is 0 Å². The van der Waals surface area contributed by atoms with Gasteiger partial charge in [-0.05, 0) is 36.2 Å². The molecule has 2 aromatic carbocycles. The molecule has 0 fully saturated rings. The van der Waals surface area contributed by atoms with E-state index in [1.165, 1.54) is 0 Å². The van der Waals surface area contributed by atoms with Crippen LogP contribution < -0.4 is 10.1 Å². The van der Waals surface area contributed by atoms with E-state index in [9.17, 15) is 0 Å². The third kappa shape index (κ3) is 4.03. The highest BCUT2D eigenvalue weighted by Gasteiger charge is 2.04. The number of aromatic nitrogens is 2. The molecule has 0 unspecified atom stereocenters. The van der Waals surface area contributed by atoms with Crippen LogP contribution in [0.2, 0.25) is 5.02 Å². The molecule has 0 saturated carbocycles. The molecule has 0 spiro atoms. The molecule has 1 aromatic heterocycles. The number of H-pyrrole nitrogens is 1. The van der Waals surface area contributed by atoms with E-state index in [1.54, 1.807) is 0 Å². The Morgan fingerprint density at radius 3 is 2.83 bits per heavy atom. The minimum atomic E-state index is 0.654. The number of rotatable bonds is 7. The van der Waals surface area contributed by atoms with Gasteiger partial charge in [-0.15, -0.1) is 0 Å². The van der Waals surface area contributed by atoms with Crippen molar-refractivity contribution in [2.75, 3.05) is 6.61 Å². The van der Waals surface area contributed by atoms with Crippen LogP contribution in [0, 0.1) is 0 Å². The second-order valence-electron chi connectivity index (χ2n) is 5.42. The van der Waals surface area contributed by atoms with Gasteiger partial charge in [-0.2, -0.15) is 0 Å². The molecule has 2 N–H and O–H groups in total. The summed E-state index contributed by atoms with van der Waals surface area (Å²) in [6, 6.07) is 13.9. The molecule has 4 nitrogen and oxygen atoms in total. The summed E-state index contributed by atoms with van der Waals surface area (Å²) in [5.74, 6) is 1.68. The highest BCUT2D eigenvalue weighted by Crippen LogP contribution is 2.25. The van der Waals surface area contributed by atoms with Crippen LogP contribution in [0.1, 0.15) is 24.7 Å². The van der Waals surface area contributed by atoms with Crippen molar-refractivity contribution in [2.45, 2.75) is 26.4 Å². The van der Waals surface area contributed by atoms with Gasteiger partial charge < -0.3 is 15.0 Å². The third-order valence-electron chi connectivity index (χ3n) is 3.52. The molecule has 0 amide bonds. The number of ether oxygens (including phenoxy) is 1. The van der Waals surface area contributed by atoms with Gasteiger partial charge in [0.05, 0.1) is 29.2 Å². The number of para-hydroxylation sites is 2. The van der Waals surface area contributed by atoms with Crippen molar-refractivity contribution in [3.63, 3.8) is 0 Å². The zero-order valence-electron chi connectivity index (χ0n) is 13.1. The molecule has 120 valence electrons.